The number of hydrogen-bond donors (Lipinski definition) is 0. The first-order valence-corrected chi connectivity index (χ1v) is 10.5. The van der Waals surface area contributed by atoms with Gasteiger partial charge in [-0.05, 0) is 36.2 Å². The van der Waals surface area contributed by atoms with E-state index in [9.17, 15) is 8.42 Å². The zero-order chi connectivity index (χ0) is 18.4. The summed E-state index contributed by atoms with van der Waals surface area (Å²) in [5.74, 6) is 0.707. The molecule has 1 saturated heterocycles. The van der Waals surface area contributed by atoms with Crippen molar-refractivity contribution in [1.82, 2.24) is 9.21 Å². The Kier molecular flexibility index (Phi) is 6.29. The predicted octanol–water partition coefficient (Wildman–Crippen LogP) is 2.98. The number of ether oxygens (including phenoxy) is 1. The minimum atomic E-state index is -3.44. The Hall–Kier alpha value is -1.89. The van der Waals surface area contributed by atoms with E-state index in [0.29, 0.717) is 30.3 Å². The Labute approximate surface area is 156 Å². The number of nitrogens with zero attached hydrogens (tertiary/aromatic N) is 2. The maximum atomic E-state index is 12.8. The maximum absolute atomic E-state index is 12.8. The van der Waals surface area contributed by atoms with Crippen molar-refractivity contribution < 1.29 is 13.2 Å². The average molecular weight is 375 g/mol. The van der Waals surface area contributed by atoms with Crippen LogP contribution in [0.2, 0.25) is 0 Å². The van der Waals surface area contributed by atoms with Crippen molar-refractivity contribution in [1.29, 1.82) is 0 Å². The molecule has 5 nitrogen and oxygen atoms in total. The second-order valence-electron chi connectivity index (χ2n) is 6.49. The van der Waals surface area contributed by atoms with Crippen LogP contribution in [-0.4, -0.2) is 50.4 Å². The summed E-state index contributed by atoms with van der Waals surface area (Å²) in [5, 5.41) is 0. The zero-order valence-electron chi connectivity index (χ0n) is 15.2. The highest BCUT2D eigenvalue weighted by atomic mass is 32.2. The van der Waals surface area contributed by atoms with Crippen LogP contribution in [0, 0.1) is 0 Å². The Bertz CT molecular complexity index is 784. The van der Waals surface area contributed by atoms with Gasteiger partial charge in [0.1, 0.15) is 5.75 Å². The summed E-state index contributed by atoms with van der Waals surface area (Å²) in [4.78, 5) is 2.63. The average Bonchev–Trinajstić information content (AvgIpc) is 2.68. The van der Waals surface area contributed by atoms with Gasteiger partial charge < -0.3 is 4.74 Å². The van der Waals surface area contributed by atoms with Gasteiger partial charge in [-0.15, -0.1) is 0 Å². The highest BCUT2D eigenvalue weighted by Gasteiger charge is 2.28. The lowest BCUT2D eigenvalue weighted by molar-refractivity contribution is 0.181. The first-order valence-electron chi connectivity index (χ1n) is 9.09. The van der Waals surface area contributed by atoms with Crippen LogP contribution in [0.5, 0.6) is 5.75 Å². The molecule has 0 atom stereocenters. The van der Waals surface area contributed by atoms with Crippen molar-refractivity contribution >= 4 is 10.0 Å². The largest absolute Gasteiger partial charge is 0.494 e. The van der Waals surface area contributed by atoms with Crippen LogP contribution < -0.4 is 4.74 Å². The van der Waals surface area contributed by atoms with Crippen LogP contribution in [0.25, 0.3) is 0 Å². The Balaban J connectivity index is 1.59. The Morgan fingerprint density at radius 1 is 0.923 bits per heavy atom. The van der Waals surface area contributed by atoms with E-state index in [1.807, 2.05) is 25.1 Å². The minimum Gasteiger partial charge on any atom is -0.494 e. The fraction of sp³-hybridized carbons (Fsp3) is 0.400. The summed E-state index contributed by atoms with van der Waals surface area (Å²) in [7, 11) is -3.44. The summed E-state index contributed by atoms with van der Waals surface area (Å²) < 4.78 is 32.8. The first-order chi connectivity index (χ1) is 12.6. The number of benzene rings is 2. The summed E-state index contributed by atoms with van der Waals surface area (Å²) in [6, 6.07) is 17.0. The highest BCUT2D eigenvalue weighted by Crippen LogP contribution is 2.21. The van der Waals surface area contributed by atoms with Crippen molar-refractivity contribution in [2.24, 2.45) is 0 Å². The van der Waals surface area contributed by atoms with Crippen molar-refractivity contribution in [3.8, 4) is 5.75 Å². The molecule has 0 saturated carbocycles. The highest BCUT2D eigenvalue weighted by molar-refractivity contribution is 7.89. The second-order valence-corrected chi connectivity index (χ2v) is 8.42. The van der Waals surface area contributed by atoms with E-state index in [1.165, 1.54) is 5.56 Å². The molecule has 0 amide bonds. The van der Waals surface area contributed by atoms with Crippen LogP contribution in [0.4, 0.5) is 0 Å². The van der Waals surface area contributed by atoms with Gasteiger partial charge in [-0.2, -0.15) is 4.31 Å². The molecule has 26 heavy (non-hydrogen) atoms. The monoisotopic (exact) mass is 374 g/mol. The molecule has 0 N–H and O–H groups in total. The zero-order valence-corrected chi connectivity index (χ0v) is 16.0. The molecule has 6 heteroatoms. The third-order valence-electron chi connectivity index (χ3n) is 4.51. The Morgan fingerprint density at radius 3 is 2.19 bits per heavy atom. The second kappa shape index (κ2) is 8.66. The predicted molar refractivity (Wildman–Crippen MR) is 103 cm³/mol. The lowest BCUT2D eigenvalue weighted by atomic mass is 10.2. The lowest BCUT2D eigenvalue weighted by Crippen LogP contribution is -2.48. The molecule has 0 unspecified atom stereocenters. The van der Waals surface area contributed by atoms with Crippen LogP contribution in [0.3, 0.4) is 0 Å². The molecule has 1 heterocycles. The van der Waals surface area contributed by atoms with Crippen molar-refractivity contribution in [2.75, 3.05) is 32.8 Å². The minimum absolute atomic E-state index is 0.331. The van der Waals surface area contributed by atoms with Crippen molar-refractivity contribution in [2.45, 2.75) is 24.8 Å². The van der Waals surface area contributed by atoms with Crippen molar-refractivity contribution in [3.63, 3.8) is 0 Å². The molecule has 1 aliphatic rings. The van der Waals surface area contributed by atoms with Crippen LogP contribution in [0.15, 0.2) is 59.5 Å². The molecule has 0 aromatic heterocycles. The molecule has 1 fully saturated rings. The van der Waals surface area contributed by atoms with E-state index in [4.69, 9.17) is 4.74 Å². The maximum Gasteiger partial charge on any atom is 0.243 e. The van der Waals surface area contributed by atoms with E-state index in [2.05, 4.69) is 17.0 Å². The molecule has 3 rings (SSSR count). The van der Waals surface area contributed by atoms with E-state index >= 15 is 0 Å². The fourth-order valence-corrected chi connectivity index (χ4v) is 4.47. The molecule has 0 spiro atoms. The summed E-state index contributed by atoms with van der Waals surface area (Å²) in [5.41, 5.74) is 1.26. The van der Waals surface area contributed by atoms with Gasteiger partial charge in [0.2, 0.25) is 10.0 Å². The van der Waals surface area contributed by atoms with Gasteiger partial charge in [0.15, 0.2) is 0 Å². The van der Waals surface area contributed by atoms with Gasteiger partial charge in [0.05, 0.1) is 11.5 Å². The first kappa shape index (κ1) is 18.9. The molecular formula is C20H26N2O3S. The summed E-state index contributed by atoms with van der Waals surface area (Å²) in [6.45, 7) is 6.05. The molecule has 2 aromatic carbocycles. The van der Waals surface area contributed by atoms with E-state index in [1.54, 1.807) is 28.6 Å². The number of piperazine rings is 1. The smallest absolute Gasteiger partial charge is 0.243 e. The van der Waals surface area contributed by atoms with Gasteiger partial charge in [-0.3, -0.25) is 4.90 Å². The molecule has 140 valence electrons. The molecule has 2 aromatic rings. The summed E-state index contributed by atoms with van der Waals surface area (Å²) in [6.07, 6.45) is 0.924. The molecule has 0 bridgehead atoms. The molecule has 0 aliphatic carbocycles. The lowest BCUT2D eigenvalue weighted by Gasteiger charge is -2.34. The van der Waals surface area contributed by atoms with Gasteiger partial charge in [-0.1, -0.05) is 37.3 Å². The molecule has 1 aliphatic heterocycles. The van der Waals surface area contributed by atoms with Crippen molar-refractivity contribution in [3.05, 3.63) is 60.2 Å². The van der Waals surface area contributed by atoms with Gasteiger partial charge >= 0.3 is 0 Å². The Morgan fingerprint density at radius 2 is 1.58 bits per heavy atom. The molecule has 0 radical (unpaired) electrons. The van der Waals surface area contributed by atoms with Gasteiger partial charge in [0.25, 0.3) is 0 Å². The number of hydrogen-bond acceptors (Lipinski definition) is 4. The van der Waals surface area contributed by atoms with Crippen LogP contribution in [0.1, 0.15) is 18.9 Å². The van der Waals surface area contributed by atoms with Gasteiger partial charge in [0, 0.05) is 32.7 Å². The third kappa shape index (κ3) is 4.63. The van der Waals surface area contributed by atoms with Crippen LogP contribution in [-0.2, 0) is 16.6 Å². The quantitative estimate of drug-likeness (QED) is 0.748. The SMILES string of the molecule is CCCOc1ccc(S(=O)(=O)N2CCN(Cc3ccccc3)CC2)cc1. The topological polar surface area (TPSA) is 49.9 Å². The van der Waals surface area contributed by atoms with E-state index < -0.39 is 10.0 Å². The summed E-state index contributed by atoms with van der Waals surface area (Å²) >= 11 is 0. The number of rotatable bonds is 7. The number of sulfonamides is 1. The van der Waals surface area contributed by atoms with E-state index in [0.717, 1.165) is 26.1 Å². The normalized spacial score (nSPS) is 16.5. The standard InChI is InChI=1S/C20H26N2O3S/c1-2-16-25-19-8-10-20(11-9-19)26(23,24)22-14-12-21(13-15-22)17-18-6-4-3-5-7-18/h3-11H,2,12-17H2,1H3. The third-order valence-corrected chi connectivity index (χ3v) is 6.43. The van der Waals surface area contributed by atoms with Gasteiger partial charge in [-0.25, -0.2) is 8.42 Å². The van der Waals surface area contributed by atoms with Crippen LogP contribution >= 0.6 is 0 Å². The van der Waals surface area contributed by atoms with E-state index in [-0.39, 0.29) is 0 Å². The fourth-order valence-electron chi connectivity index (χ4n) is 3.05. The molecular weight excluding hydrogens is 348 g/mol.